The summed E-state index contributed by atoms with van der Waals surface area (Å²) < 4.78 is 3.70. The number of nitrogens with one attached hydrogen (secondary N) is 1. The molecule has 6 aromatic heterocycles. The van der Waals surface area contributed by atoms with Crippen molar-refractivity contribution >= 4 is 33.4 Å². The van der Waals surface area contributed by atoms with Crippen LogP contribution in [0.2, 0.25) is 0 Å². The Kier molecular flexibility index (Phi) is 12.4. The van der Waals surface area contributed by atoms with Gasteiger partial charge in [-0.1, -0.05) is 12.1 Å². The van der Waals surface area contributed by atoms with Gasteiger partial charge in [0.2, 0.25) is 0 Å². The molecule has 0 radical (unpaired) electrons. The highest BCUT2D eigenvalue weighted by Crippen LogP contribution is 2.22. The van der Waals surface area contributed by atoms with Gasteiger partial charge in [-0.15, -0.1) is 11.3 Å². The van der Waals surface area contributed by atoms with Crippen LogP contribution in [-0.4, -0.2) is 85.2 Å². The van der Waals surface area contributed by atoms with Crippen molar-refractivity contribution in [2.24, 2.45) is 5.73 Å². The number of nitrogens with zero attached hydrogens (tertiary/aromatic N) is 7. The molecule has 8 rings (SSSR count). The number of aromatic nitrogens is 5. The molecule has 0 atom stereocenters. The maximum absolute atomic E-state index is 12.5. The predicted molar refractivity (Wildman–Crippen MR) is 219 cm³/mol. The molecule has 2 aliphatic rings. The number of hydrogen-bond acceptors (Lipinski definition) is 10. The summed E-state index contributed by atoms with van der Waals surface area (Å²) in [4.78, 5) is 44.2. The summed E-state index contributed by atoms with van der Waals surface area (Å²) in [7, 11) is 0. The van der Waals surface area contributed by atoms with Gasteiger partial charge in [0.15, 0.2) is 0 Å². The third-order valence-electron chi connectivity index (χ3n) is 10.6. The lowest BCUT2D eigenvalue weighted by molar-refractivity contribution is 0.191. The van der Waals surface area contributed by atoms with Crippen molar-refractivity contribution < 1.29 is 0 Å². The Morgan fingerprint density at radius 1 is 0.704 bits per heavy atom. The van der Waals surface area contributed by atoms with Crippen molar-refractivity contribution in [2.45, 2.75) is 71.2 Å². The lowest BCUT2D eigenvalue weighted by atomic mass is 10.0. The van der Waals surface area contributed by atoms with Gasteiger partial charge in [0.05, 0.1) is 32.6 Å². The molecule has 0 unspecified atom stereocenters. The Labute approximate surface area is 320 Å². The lowest BCUT2D eigenvalue weighted by Gasteiger charge is -2.32. The van der Waals surface area contributed by atoms with Crippen molar-refractivity contribution in [2.75, 3.05) is 39.3 Å². The van der Waals surface area contributed by atoms with Gasteiger partial charge in [0.25, 0.3) is 11.1 Å². The van der Waals surface area contributed by atoms with Crippen LogP contribution in [0.25, 0.3) is 32.6 Å². The van der Waals surface area contributed by atoms with Crippen LogP contribution in [0.1, 0.15) is 42.4 Å². The van der Waals surface area contributed by atoms with Gasteiger partial charge in [-0.3, -0.25) is 24.5 Å². The third kappa shape index (κ3) is 9.55. The second-order valence-electron chi connectivity index (χ2n) is 14.7. The summed E-state index contributed by atoms with van der Waals surface area (Å²) in [6.07, 6.45) is 10.00. The Bertz CT molecular complexity index is 2250. The van der Waals surface area contributed by atoms with Crippen LogP contribution in [0.5, 0.6) is 0 Å². The average Bonchev–Trinajstić information content (AvgIpc) is 3.73. The fraction of sp³-hybridized carbons (Fsp3) is 0.405. The number of rotatable bonds is 10. The van der Waals surface area contributed by atoms with E-state index in [1.807, 2.05) is 53.7 Å². The minimum atomic E-state index is 0.0450. The van der Waals surface area contributed by atoms with E-state index in [1.54, 1.807) is 29.5 Å². The number of pyridine rings is 5. The SMILES string of the molecule is Cc1cnc2ccc(=O)n(CCN3CCC(N)CC3)c2c1.Cc1cnc2ccc(=O)n(CCN3CCC(NCc4ccc(-c5cccs5)nc4)CC3)c2c1. The quantitative estimate of drug-likeness (QED) is 0.194. The highest BCUT2D eigenvalue weighted by atomic mass is 32.1. The molecule has 2 aliphatic heterocycles. The first-order chi connectivity index (χ1) is 26.3. The topological polar surface area (TPSA) is 127 Å². The van der Waals surface area contributed by atoms with Crippen LogP contribution in [0.3, 0.4) is 0 Å². The fourth-order valence-corrected chi connectivity index (χ4v) is 8.08. The van der Waals surface area contributed by atoms with Gasteiger partial charge in [-0.25, -0.2) is 0 Å². The monoisotopic (exact) mass is 745 g/mol. The largest absolute Gasteiger partial charge is 0.328 e. The molecule has 6 aromatic rings. The van der Waals surface area contributed by atoms with Gasteiger partial charge in [-0.05, 0) is 124 Å². The Hall–Kier alpha value is -4.59. The second-order valence-corrected chi connectivity index (χ2v) is 15.6. The summed E-state index contributed by atoms with van der Waals surface area (Å²) in [6, 6.07) is 20.2. The molecule has 3 N–H and O–H groups in total. The van der Waals surface area contributed by atoms with Crippen LogP contribution < -0.4 is 22.2 Å². The van der Waals surface area contributed by atoms with E-state index in [2.05, 4.69) is 65.8 Å². The zero-order chi connectivity index (χ0) is 37.4. The summed E-state index contributed by atoms with van der Waals surface area (Å²) in [5.41, 5.74) is 14.0. The Morgan fingerprint density at radius 3 is 1.80 bits per heavy atom. The smallest absolute Gasteiger partial charge is 0.251 e. The van der Waals surface area contributed by atoms with E-state index < -0.39 is 0 Å². The van der Waals surface area contributed by atoms with Gasteiger partial charge in [0, 0.05) is 75.5 Å². The van der Waals surface area contributed by atoms with E-state index in [1.165, 1.54) is 10.4 Å². The number of thiophene rings is 1. The average molecular weight is 746 g/mol. The van der Waals surface area contributed by atoms with Crippen molar-refractivity contribution in [1.82, 2.24) is 39.2 Å². The number of hydrogen-bond donors (Lipinski definition) is 2. The molecule has 0 amide bonds. The molecule has 0 spiro atoms. The predicted octanol–water partition coefficient (Wildman–Crippen LogP) is 5.21. The van der Waals surface area contributed by atoms with E-state index in [9.17, 15) is 9.59 Å². The molecule has 0 bridgehead atoms. The molecule has 282 valence electrons. The minimum absolute atomic E-state index is 0.0450. The van der Waals surface area contributed by atoms with Gasteiger partial charge < -0.3 is 30.0 Å². The lowest BCUT2D eigenvalue weighted by Crippen LogP contribution is -2.43. The number of likely N-dealkylation sites (tertiary alicyclic amines) is 2. The third-order valence-corrected chi connectivity index (χ3v) is 11.5. The first-order valence-electron chi connectivity index (χ1n) is 19.1. The second kappa shape index (κ2) is 17.7. The number of nitrogens with two attached hydrogens (primary N) is 1. The van der Waals surface area contributed by atoms with Crippen LogP contribution in [0.15, 0.2) is 94.2 Å². The highest BCUT2D eigenvalue weighted by molar-refractivity contribution is 7.13. The van der Waals surface area contributed by atoms with Crippen molar-refractivity contribution in [1.29, 1.82) is 0 Å². The number of fused-ring (bicyclic) bond motifs is 2. The zero-order valence-corrected chi connectivity index (χ0v) is 32.2. The van der Waals surface area contributed by atoms with E-state index >= 15 is 0 Å². The number of piperidine rings is 2. The van der Waals surface area contributed by atoms with Crippen LogP contribution in [0, 0.1) is 13.8 Å². The summed E-state index contributed by atoms with van der Waals surface area (Å²) in [5.74, 6) is 0. The summed E-state index contributed by atoms with van der Waals surface area (Å²) in [6.45, 7) is 12.2. The van der Waals surface area contributed by atoms with Gasteiger partial charge >= 0.3 is 0 Å². The molecule has 2 fully saturated rings. The van der Waals surface area contributed by atoms with E-state index in [-0.39, 0.29) is 11.1 Å². The highest BCUT2D eigenvalue weighted by Gasteiger charge is 2.19. The molecular weight excluding hydrogens is 695 g/mol. The fourth-order valence-electron chi connectivity index (χ4n) is 7.38. The molecular formula is C42H51N9O2S. The normalized spacial score (nSPS) is 16.1. The molecule has 8 heterocycles. The number of aryl methyl sites for hydroxylation is 2. The van der Waals surface area contributed by atoms with Crippen LogP contribution in [0.4, 0.5) is 0 Å². The molecule has 54 heavy (non-hydrogen) atoms. The molecule has 0 aliphatic carbocycles. The van der Waals surface area contributed by atoms with Crippen LogP contribution >= 0.6 is 11.3 Å². The minimum Gasteiger partial charge on any atom is -0.328 e. The zero-order valence-electron chi connectivity index (χ0n) is 31.4. The molecule has 12 heteroatoms. The van der Waals surface area contributed by atoms with E-state index in [0.29, 0.717) is 25.2 Å². The van der Waals surface area contributed by atoms with E-state index in [0.717, 1.165) is 110 Å². The maximum atomic E-state index is 12.5. The van der Waals surface area contributed by atoms with Gasteiger partial charge in [0.1, 0.15) is 0 Å². The van der Waals surface area contributed by atoms with E-state index in [4.69, 9.17) is 5.73 Å². The molecule has 0 saturated carbocycles. The standard InChI is InChI=1S/C26H29N5OS.C16H22N4O/c1-19-15-24-22(28-16-19)6-7-26(32)31(24)13-12-30-10-8-21(9-11-30)27-17-20-4-5-23(29-18-20)25-3-2-14-33-25;1-12-10-15-14(18-11-12)2-3-16(21)20(15)9-8-19-6-4-13(17)5-7-19/h2-7,14-16,18,21,27H,8-13,17H2,1H3;2-3,10-11,13H,4-9,17H2,1H3. The summed E-state index contributed by atoms with van der Waals surface area (Å²) in [5, 5.41) is 5.78. The Morgan fingerprint density at radius 2 is 1.28 bits per heavy atom. The van der Waals surface area contributed by atoms with Crippen molar-refractivity contribution in [3.05, 3.63) is 122 Å². The molecule has 0 aromatic carbocycles. The molecule has 11 nitrogen and oxygen atoms in total. The van der Waals surface area contributed by atoms with Crippen molar-refractivity contribution in [3.63, 3.8) is 0 Å². The van der Waals surface area contributed by atoms with Crippen molar-refractivity contribution in [3.8, 4) is 10.6 Å². The first kappa shape index (κ1) is 37.7. The maximum Gasteiger partial charge on any atom is 0.251 e. The van der Waals surface area contributed by atoms with Gasteiger partial charge in [-0.2, -0.15) is 0 Å². The Balaban J connectivity index is 0.000000184. The first-order valence-corrected chi connectivity index (χ1v) is 20.0. The molecule has 2 saturated heterocycles. The van der Waals surface area contributed by atoms with Crippen LogP contribution in [-0.2, 0) is 19.6 Å². The summed E-state index contributed by atoms with van der Waals surface area (Å²) >= 11 is 1.72.